The van der Waals surface area contributed by atoms with Crippen LogP contribution in [0.1, 0.15) is 5.56 Å². The molecule has 0 unspecified atom stereocenters. The van der Waals surface area contributed by atoms with Crippen molar-refractivity contribution in [2.75, 3.05) is 11.4 Å². The number of anilines is 1. The van der Waals surface area contributed by atoms with Crippen molar-refractivity contribution in [1.82, 2.24) is 10.3 Å². The van der Waals surface area contributed by atoms with Gasteiger partial charge in [0.25, 0.3) is 0 Å². The molecule has 3 aliphatic heterocycles. The molecule has 1 N–H and O–H groups in total. The van der Waals surface area contributed by atoms with Crippen LogP contribution in [0.25, 0.3) is 0 Å². The van der Waals surface area contributed by atoms with Gasteiger partial charge in [0.1, 0.15) is 5.60 Å². The number of carbonyl (C=O) groups is 2. The Morgan fingerprint density at radius 3 is 2.89 bits per heavy atom. The molecule has 3 aliphatic rings. The standard InChI is InChI=1S/C21H18ClN3O3/c22-14-3-5-15(6-4-14)25-12-21-8-7-16(28-21)17(18(21)20(25)27)19(26)24-11-13-2-1-9-23-10-13/h1-10,16-18H,11-12H2,(H,24,26)/t16-,17-,18+,21+/m1/s1. The molecule has 0 saturated carbocycles. The van der Waals surface area contributed by atoms with E-state index in [1.165, 1.54) is 0 Å². The van der Waals surface area contributed by atoms with Crippen molar-refractivity contribution in [2.45, 2.75) is 18.2 Å². The molecular weight excluding hydrogens is 378 g/mol. The SMILES string of the molecule is O=C(NCc1cccnc1)[C@H]1[C@H]2C(=O)N(c3ccc(Cl)cc3)C[C@@]23C=C[C@H]1O3. The minimum atomic E-state index is -0.738. The maximum absolute atomic E-state index is 13.2. The maximum atomic E-state index is 13.2. The number of fused-ring (bicyclic) bond motifs is 1. The van der Waals surface area contributed by atoms with Gasteiger partial charge in [-0.05, 0) is 35.9 Å². The van der Waals surface area contributed by atoms with Crippen LogP contribution in [-0.2, 0) is 20.9 Å². The van der Waals surface area contributed by atoms with Gasteiger partial charge in [-0.25, -0.2) is 0 Å². The van der Waals surface area contributed by atoms with Crippen molar-refractivity contribution in [3.63, 3.8) is 0 Å². The lowest BCUT2D eigenvalue weighted by Crippen LogP contribution is -2.44. The smallest absolute Gasteiger partial charge is 0.234 e. The first-order valence-corrected chi connectivity index (χ1v) is 9.56. The van der Waals surface area contributed by atoms with E-state index in [0.29, 0.717) is 18.1 Å². The first-order chi connectivity index (χ1) is 13.6. The van der Waals surface area contributed by atoms with E-state index in [0.717, 1.165) is 11.3 Å². The Kier molecular flexibility index (Phi) is 4.00. The lowest BCUT2D eigenvalue weighted by Gasteiger charge is -2.23. The van der Waals surface area contributed by atoms with E-state index in [9.17, 15) is 9.59 Å². The number of ether oxygens (including phenoxy) is 1. The van der Waals surface area contributed by atoms with Crippen LogP contribution in [0.2, 0.25) is 5.02 Å². The van der Waals surface area contributed by atoms with Crippen LogP contribution < -0.4 is 10.2 Å². The molecule has 28 heavy (non-hydrogen) atoms. The Labute approximate surface area is 167 Å². The molecule has 2 saturated heterocycles. The molecule has 7 heteroatoms. The number of hydrogen-bond acceptors (Lipinski definition) is 4. The number of hydrogen-bond donors (Lipinski definition) is 1. The van der Waals surface area contributed by atoms with Gasteiger partial charge >= 0.3 is 0 Å². The monoisotopic (exact) mass is 395 g/mol. The lowest BCUT2D eigenvalue weighted by atomic mass is 9.77. The molecular formula is C21H18ClN3O3. The number of carbonyl (C=O) groups excluding carboxylic acids is 2. The number of halogens is 1. The predicted octanol–water partition coefficient (Wildman–Crippen LogP) is 2.34. The zero-order valence-electron chi connectivity index (χ0n) is 14.9. The van der Waals surface area contributed by atoms with Crippen molar-refractivity contribution < 1.29 is 14.3 Å². The van der Waals surface area contributed by atoms with Crippen LogP contribution in [-0.4, -0.2) is 35.0 Å². The second-order valence-corrected chi connectivity index (χ2v) is 7.82. The minimum absolute atomic E-state index is 0.0873. The van der Waals surface area contributed by atoms with Crippen LogP contribution in [0, 0.1) is 11.8 Å². The normalized spacial score (nSPS) is 30.0. The quantitative estimate of drug-likeness (QED) is 0.806. The molecule has 4 heterocycles. The molecule has 5 rings (SSSR count). The maximum Gasteiger partial charge on any atom is 0.234 e. The Hall–Kier alpha value is -2.70. The molecule has 1 aromatic heterocycles. The molecule has 0 radical (unpaired) electrons. The largest absolute Gasteiger partial charge is 0.360 e. The zero-order valence-corrected chi connectivity index (χ0v) is 15.7. The van der Waals surface area contributed by atoms with Crippen LogP contribution in [0.15, 0.2) is 60.9 Å². The fourth-order valence-electron chi connectivity index (χ4n) is 4.45. The lowest BCUT2D eigenvalue weighted by molar-refractivity contribution is -0.132. The van der Waals surface area contributed by atoms with Crippen molar-refractivity contribution in [2.24, 2.45) is 11.8 Å². The summed E-state index contributed by atoms with van der Waals surface area (Å²) in [6.45, 7) is 0.770. The molecule has 142 valence electrons. The number of aromatic nitrogens is 1. The highest BCUT2D eigenvalue weighted by atomic mass is 35.5. The van der Waals surface area contributed by atoms with E-state index in [4.69, 9.17) is 16.3 Å². The summed E-state index contributed by atoms with van der Waals surface area (Å²) in [5.41, 5.74) is 0.927. The molecule has 2 aromatic rings. The van der Waals surface area contributed by atoms with Crippen LogP contribution in [0.4, 0.5) is 5.69 Å². The first kappa shape index (κ1) is 17.4. The van der Waals surface area contributed by atoms with Crippen molar-refractivity contribution in [3.8, 4) is 0 Å². The van der Waals surface area contributed by atoms with Crippen LogP contribution >= 0.6 is 11.6 Å². The summed E-state index contributed by atoms with van der Waals surface area (Å²) < 4.78 is 6.14. The first-order valence-electron chi connectivity index (χ1n) is 9.18. The summed E-state index contributed by atoms with van der Waals surface area (Å²) >= 11 is 5.97. The van der Waals surface area contributed by atoms with Crippen molar-refractivity contribution in [1.29, 1.82) is 0 Å². The Balaban J connectivity index is 1.38. The van der Waals surface area contributed by atoms with E-state index in [2.05, 4.69) is 10.3 Å². The fraction of sp³-hybridized carbons (Fsp3) is 0.286. The molecule has 6 nitrogen and oxygen atoms in total. The number of nitrogens with zero attached hydrogens (tertiary/aromatic N) is 2. The van der Waals surface area contributed by atoms with Crippen LogP contribution in [0.3, 0.4) is 0 Å². The third-order valence-electron chi connectivity index (χ3n) is 5.73. The van der Waals surface area contributed by atoms with Gasteiger partial charge in [0.15, 0.2) is 0 Å². The number of nitrogens with one attached hydrogen (secondary N) is 1. The third kappa shape index (κ3) is 2.64. The van der Waals surface area contributed by atoms with E-state index >= 15 is 0 Å². The molecule has 0 aliphatic carbocycles. The van der Waals surface area contributed by atoms with E-state index in [1.54, 1.807) is 29.4 Å². The predicted molar refractivity (Wildman–Crippen MR) is 104 cm³/mol. The summed E-state index contributed by atoms with van der Waals surface area (Å²) in [4.78, 5) is 31.9. The Bertz CT molecular complexity index is 963. The fourth-order valence-corrected chi connectivity index (χ4v) is 4.57. The van der Waals surface area contributed by atoms with Crippen LogP contribution in [0.5, 0.6) is 0 Å². The van der Waals surface area contributed by atoms with Gasteiger partial charge in [0.05, 0.1) is 24.5 Å². The van der Waals surface area contributed by atoms with E-state index < -0.39 is 17.4 Å². The number of rotatable bonds is 4. The van der Waals surface area contributed by atoms with Gasteiger partial charge in [-0.3, -0.25) is 14.6 Å². The number of pyridine rings is 1. The topological polar surface area (TPSA) is 71.5 Å². The highest BCUT2D eigenvalue weighted by molar-refractivity contribution is 6.30. The van der Waals surface area contributed by atoms with E-state index in [-0.39, 0.29) is 17.9 Å². The average molecular weight is 396 g/mol. The van der Waals surface area contributed by atoms with Gasteiger partial charge in [-0.2, -0.15) is 0 Å². The van der Waals surface area contributed by atoms with Gasteiger partial charge < -0.3 is 15.0 Å². The summed E-state index contributed by atoms with van der Waals surface area (Å²) in [5.74, 6) is -1.31. The van der Waals surface area contributed by atoms with Gasteiger partial charge in [-0.1, -0.05) is 29.8 Å². The molecule has 2 amide bonds. The second kappa shape index (κ2) is 6.43. The second-order valence-electron chi connectivity index (χ2n) is 7.38. The average Bonchev–Trinajstić information content (AvgIpc) is 3.36. The number of amides is 2. The van der Waals surface area contributed by atoms with Crippen molar-refractivity contribution >= 4 is 29.1 Å². The third-order valence-corrected chi connectivity index (χ3v) is 5.98. The van der Waals surface area contributed by atoms with Gasteiger partial charge in [-0.15, -0.1) is 0 Å². The highest BCUT2D eigenvalue weighted by Crippen LogP contribution is 2.52. The highest BCUT2D eigenvalue weighted by Gasteiger charge is 2.67. The number of benzene rings is 1. The minimum Gasteiger partial charge on any atom is -0.360 e. The summed E-state index contributed by atoms with van der Waals surface area (Å²) in [6, 6.07) is 10.8. The zero-order chi connectivity index (χ0) is 19.3. The molecule has 2 fully saturated rings. The Morgan fingerprint density at radius 1 is 1.32 bits per heavy atom. The summed E-state index contributed by atoms with van der Waals surface area (Å²) in [7, 11) is 0. The van der Waals surface area contributed by atoms with E-state index in [1.807, 2.05) is 36.4 Å². The van der Waals surface area contributed by atoms with Gasteiger partial charge in [0.2, 0.25) is 11.8 Å². The molecule has 4 atom stereocenters. The van der Waals surface area contributed by atoms with Gasteiger partial charge in [0, 0.05) is 29.6 Å². The molecule has 1 spiro atoms. The summed E-state index contributed by atoms with van der Waals surface area (Å²) in [5, 5.41) is 3.55. The molecule has 2 bridgehead atoms. The summed E-state index contributed by atoms with van der Waals surface area (Å²) in [6.07, 6.45) is 6.88. The molecule has 1 aromatic carbocycles. The van der Waals surface area contributed by atoms with Crippen molar-refractivity contribution in [3.05, 3.63) is 71.5 Å². The Morgan fingerprint density at radius 2 is 2.14 bits per heavy atom.